The third-order valence-electron chi connectivity index (χ3n) is 3.04. The largest absolute Gasteiger partial charge is 0.477 e. The number of amides is 1. The van der Waals surface area contributed by atoms with Crippen LogP contribution in [0.15, 0.2) is 41.3 Å². The molecule has 5 nitrogen and oxygen atoms in total. The van der Waals surface area contributed by atoms with Crippen molar-refractivity contribution in [1.29, 1.82) is 0 Å². The zero-order valence-electron chi connectivity index (χ0n) is 10.8. The second kappa shape index (κ2) is 5.20. The molecule has 0 saturated carbocycles. The molecule has 1 atom stereocenters. The van der Waals surface area contributed by atoms with E-state index < -0.39 is 6.10 Å². The van der Waals surface area contributed by atoms with Crippen molar-refractivity contribution >= 4 is 27.7 Å². The molecule has 1 unspecified atom stereocenters. The second-order valence-corrected chi connectivity index (χ2v) is 5.31. The Hall–Kier alpha value is -1.95. The number of hydrogen-bond acceptors (Lipinski definition) is 4. The summed E-state index contributed by atoms with van der Waals surface area (Å²) in [5, 5.41) is 0. The molecule has 0 N–H and O–H groups in total. The highest BCUT2D eigenvalue weighted by molar-refractivity contribution is 9.10. The minimum absolute atomic E-state index is 0.105. The molecule has 0 radical (unpaired) electrons. The zero-order valence-corrected chi connectivity index (χ0v) is 12.4. The Morgan fingerprint density at radius 2 is 2.25 bits per heavy atom. The van der Waals surface area contributed by atoms with Gasteiger partial charge < -0.3 is 4.74 Å². The number of aromatic nitrogens is 2. The topological polar surface area (TPSA) is 55.3 Å². The molecule has 1 aliphatic rings. The molecule has 2 aromatic rings. The van der Waals surface area contributed by atoms with E-state index in [0.717, 1.165) is 5.56 Å². The number of halogens is 1. The average Bonchev–Trinajstić information content (AvgIpc) is 2.46. The van der Waals surface area contributed by atoms with Crippen molar-refractivity contribution < 1.29 is 9.53 Å². The first-order valence-corrected chi connectivity index (χ1v) is 6.98. The van der Waals surface area contributed by atoms with Crippen LogP contribution in [0, 0.1) is 0 Å². The van der Waals surface area contributed by atoms with Gasteiger partial charge in [-0.15, -0.1) is 0 Å². The zero-order chi connectivity index (χ0) is 14.1. The van der Waals surface area contributed by atoms with Crippen LogP contribution >= 0.6 is 15.9 Å². The van der Waals surface area contributed by atoms with E-state index >= 15 is 0 Å². The summed E-state index contributed by atoms with van der Waals surface area (Å²) in [7, 11) is 0. The Kier molecular flexibility index (Phi) is 3.40. The third-order valence-corrected chi connectivity index (χ3v) is 3.48. The number of ether oxygens (including phenoxy) is 1. The van der Waals surface area contributed by atoms with E-state index in [2.05, 4.69) is 25.9 Å². The molecule has 0 bridgehead atoms. The summed E-state index contributed by atoms with van der Waals surface area (Å²) in [6.45, 7) is 2.17. The van der Waals surface area contributed by atoms with Gasteiger partial charge in [0.2, 0.25) is 0 Å². The van der Waals surface area contributed by atoms with Crippen molar-refractivity contribution in [2.75, 3.05) is 4.90 Å². The maximum Gasteiger partial charge on any atom is 0.269 e. The van der Waals surface area contributed by atoms with Gasteiger partial charge >= 0.3 is 0 Å². The molecule has 0 aromatic carbocycles. The molecule has 0 saturated heterocycles. The summed E-state index contributed by atoms with van der Waals surface area (Å²) < 4.78 is 6.24. The van der Waals surface area contributed by atoms with Gasteiger partial charge in [-0.1, -0.05) is 6.07 Å². The first kappa shape index (κ1) is 13.1. The highest BCUT2D eigenvalue weighted by Gasteiger charge is 2.32. The molecule has 20 heavy (non-hydrogen) atoms. The van der Waals surface area contributed by atoms with E-state index in [4.69, 9.17) is 4.74 Å². The van der Waals surface area contributed by atoms with E-state index in [1.54, 1.807) is 30.3 Å². The fourth-order valence-corrected chi connectivity index (χ4v) is 2.39. The van der Waals surface area contributed by atoms with Gasteiger partial charge in [0.05, 0.1) is 6.54 Å². The molecular formula is C14H12BrN3O2. The molecule has 3 rings (SSSR count). The van der Waals surface area contributed by atoms with Gasteiger partial charge in [0.1, 0.15) is 4.60 Å². The van der Waals surface area contributed by atoms with Gasteiger partial charge in [-0.2, -0.15) is 0 Å². The van der Waals surface area contributed by atoms with E-state index in [0.29, 0.717) is 22.7 Å². The molecular weight excluding hydrogens is 322 g/mol. The summed E-state index contributed by atoms with van der Waals surface area (Å²) in [5.74, 6) is 1.04. The maximum absolute atomic E-state index is 12.3. The lowest BCUT2D eigenvalue weighted by atomic mass is 10.2. The van der Waals surface area contributed by atoms with E-state index in [1.165, 1.54) is 0 Å². The normalized spacial score (nSPS) is 17.6. The van der Waals surface area contributed by atoms with Crippen LogP contribution in [-0.2, 0) is 11.3 Å². The third kappa shape index (κ3) is 2.38. The van der Waals surface area contributed by atoms with Crippen molar-refractivity contribution in [3.05, 3.63) is 46.8 Å². The van der Waals surface area contributed by atoms with Crippen molar-refractivity contribution in [2.45, 2.75) is 19.6 Å². The molecule has 0 aliphatic carbocycles. The molecule has 0 spiro atoms. The predicted molar refractivity (Wildman–Crippen MR) is 77.5 cm³/mol. The lowest BCUT2D eigenvalue weighted by Crippen LogP contribution is -2.44. The summed E-state index contributed by atoms with van der Waals surface area (Å²) >= 11 is 3.32. The number of rotatable bonds is 2. The summed E-state index contributed by atoms with van der Waals surface area (Å²) in [4.78, 5) is 22.4. The Morgan fingerprint density at radius 3 is 3.00 bits per heavy atom. The standard InChI is InChI=1S/C14H12BrN3O2/c1-9-14(19)18(8-10-3-2-6-16-7-10)13-11(20-9)4-5-12(15)17-13/h2-7,9H,8H2,1H3. The first-order chi connectivity index (χ1) is 9.65. The predicted octanol–water partition coefficient (Wildman–Crippen LogP) is 2.55. The number of nitrogens with zero attached hydrogens (tertiary/aromatic N) is 3. The highest BCUT2D eigenvalue weighted by atomic mass is 79.9. The molecule has 0 fully saturated rings. The quantitative estimate of drug-likeness (QED) is 0.792. The molecule has 2 aromatic heterocycles. The van der Waals surface area contributed by atoms with Gasteiger partial charge in [-0.05, 0) is 46.6 Å². The number of hydrogen-bond donors (Lipinski definition) is 0. The summed E-state index contributed by atoms with van der Waals surface area (Å²) in [6.07, 6.45) is 2.93. The monoisotopic (exact) mass is 333 g/mol. The summed E-state index contributed by atoms with van der Waals surface area (Å²) in [5.41, 5.74) is 0.947. The van der Waals surface area contributed by atoms with E-state index in [9.17, 15) is 4.79 Å². The minimum atomic E-state index is -0.512. The number of pyridine rings is 2. The highest BCUT2D eigenvalue weighted by Crippen LogP contribution is 2.34. The fraction of sp³-hybridized carbons (Fsp3) is 0.214. The van der Waals surface area contributed by atoms with Gasteiger partial charge in [0, 0.05) is 12.4 Å². The van der Waals surface area contributed by atoms with Crippen LogP contribution in [0.5, 0.6) is 5.75 Å². The van der Waals surface area contributed by atoms with Gasteiger partial charge in [0.25, 0.3) is 5.91 Å². The molecule has 102 valence electrons. The van der Waals surface area contributed by atoms with Crippen molar-refractivity contribution in [3.8, 4) is 5.75 Å². The maximum atomic E-state index is 12.3. The SMILES string of the molecule is CC1Oc2ccc(Br)nc2N(Cc2cccnc2)C1=O. The molecule has 1 aliphatic heterocycles. The van der Waals surface area contributed by atoms with Crippen LogP contribution in [0.3, 0.4) is 0 Å². The molecule has 1 amide bonds. The Balaban J connectivity index is 2.00. The number of fused-ring (bicyclic) bond motifs is 1. The van der Waals surface area contributed by atoms with Crippen LogP contribution in [-0.4, -0.2) is 22.0 Å². The van der Waals surface area contributed by atoms with E-state index in [-0.39, 0.29) is 5.91 Å². The van der Waals surface area contributed by atoms with Gasteiger partial charge in [0.15, 0.2) is 17.7 Å². The number of anilines is 1. The van der Waals surface area contributed by atoms with Gasteiger partial charge in [-0.3, -0.25) is 14.7 Å². The van der Waals surface area contributed by atoms with Crippen LogP contribution in [0.2, 0.25) is 0 Å². The van der Waals surface area contributed by atoms with Crippen molar-refractivity contribution in [2.24, 2.45) is 0 Å². The Bertz CT molecular complexity index is 648. The van der Waals surface area contributed by atoms with Crippen molar-refractivity contribution in [3.63, 3.8) is 0 Å². The summed E-state index contributed by atoms with van der Waals surface area (Å²) in [6, 6.07) is 7.38. The second-order valence-electron chi connectivity index (χ2n) is 4.50. The lowest BCUT2D eigenvalue weighted by molar-refractivity contribution is -0.125. The molecule has 6 heteroatoms. The number of carbonyl (C=O) groups excluding carboxylic acids is 1. The lowest BCUT2D eigenvalue weighted by Gasteiger charge is -2.31. The van der Waals surface area contributed by atoms with Gasteiger partial charge in [-0.25, -0.2) is 4.98 Å². The van der Waals surface area contributed by atoms with Crippen LogP contribution < -0.4 is 9.64 Å². The Morgan fingerprint density at radius 1 is 1.40 bits per heavy atom. The van der Waals surface area contributed by atoms with Crippen LogP contribution in [0.4, 0.5) is 5.82 Å². The number of carbonyl (C=O) groups is 1. The van der Waals surface area contributed by atoms with Crippen LogP contribution in [0.25, 0.3) is 0 Å². The van der Waals surface area contributed by atoms with Crippen molar-refractivity contribution in [1.82, 2.24) is 9.97 Å². The van der Waals surface area contributed by atoms with Crippen LogP contribution in [0.1, 0.15) is 12.5 Å². The molecule has 3 heterocycles. The average molecular weight is 334 g/mol. The minimum Gasteiger partial charge on any atom is -0.477 e. The smallest absolute Gasteiger partial charge is 0.269 e. The fourth-order valence-electron chi connectivity index (χ4n) is 2.09. The Labute approximate surface area is 124 Å². The van der Waals surface area contributed by atoms with E-state index in [1.807, 2.05) is 18.2 Å². The first-order valence-electron chi connectivity index (χ1n) is 6.18.